The van der Waals surface area contributed by atoms with Gasteiger partial charge in [0.05, 0.1) is 18.3 Å². The van der Waals surface area contributed by atoms with Crippen molar-refractivity contribution in [3.8, 4) is 5.75 Å². The Morgan fingerprint density at radius 1 is 0.980 bits per heavy atom. The summed E-state index contributed by atoms with van der Waals surface area (Å²) in [6, 6.07) is 12.0. The molecule has 4 heterocycles. The second-order valence-corrected chi connectivity index (χ2v) is 12.6. The summed E-state index contributed by atoms with van der Waals surface area (Å²) in [6.07, 6.45) is 3.03. The summed E-state index contributed by atoms with van der Waals surface area (Å²) >= 11 is 0. The average Bonchev–Trinajstić information content (AvgIpc) is 3.80. The van der Waals surface area contributed by atoms with Crippen LogP contribution in [0.25, 0.3) is 0 Å². The molecule has 0 spiro atoms. The third kappa shape index (κ3) is 9.22. The van der Waals surface area contributed by atoms with Gasteiger partial charge in [0.15, 0.2) is 0 Å². The largest absolute Gasteiger partial charge is 0.492 e. The first-order valence-electron chi connectivity index (χ1n) is 16.9. The Bertz CT molecular complexity index is 1650. The number of benzene rings is 2. The van der Waals surface area contributed by atoms with Gasteiger partial charge in [-0.05, 0) is 50.1 Å². The third-order valence-electron chi connectivity index (χ3n) is 9.03. The minimum atomic E-state index is -1.05. The van der Waals surface area contributed by atoms with Gasteiger partial charge in [0, 0.05) is 39.1 Å². The van der Waals surface area contributed by atoms with Crippen LogP contribution in [-0.4, -0.2) is 107 Å². The molecule has 1 fully saturated rings. The van der Waals surface area contributed by atoms with Crippen LogP contribution in [0.4, 0.5) is 0 Å². The average molecular weight is 688 g/mol. The van der Waals surface area contributed by atoms with E-state index in [1.54, 1.807) is 37.0 Å². The SMILES string of the molecule is CNC(=O)[C@@H]1Cc2ccc(cc2)OCCn2cc(nn2)C[C@H](NC(=O)[C@H](C)NC)C(=O)N2CCC[C@H]2C(=O)N[C@@H](Cc2ccccc2)C(=O)N1. The lowest BCUT2D eigenvalue weighted by Gasteiger charge is -2.30. The zero-order valence-electron chi connectivity index (χ0n) is 28.6. The number of fused-ring (bicyclic) bond motifs is 12. The first-order valence-corrected chi connectivity index (χ1v) is 16.9. The smallest absolute Gasteiger partial charge is 0.246 e. The van der Waals surface area contributed by atoms with Crippen LogP contribution in [0.3, 0.4) is 0 Å². The van der Waals surface area contributed by atoms with E-state index in [2.05, 4.69) is 36.9 Å². The molecule has 1 aromatic heterocycles. The predicted molar refractivity (Wildman–Crippen MR) is 183 cm³/mol. The maximum absolute atomic E-state index is 14.1. The maximum atomic E-state index is 14.1. The number of aromatic nitrogens is 3. The van der Waals surface area contributed by atoms with Crippen LogP contribution < -0.4 is 31.3 Å². The minimum Gasteiger partial charge on any atom is -0.492 e. The lowest BCUT2D eigenvalue weighted by Crippen LogP contribution is -2.59. The summed E-state index contributed by atoms with van der Waals surface area (Å²) in [7, 11) is 3.14. The number of rotatable bonds is 6. The second kappa shape index (κ2) is 16.9. The van der Waals surface area contributed by atoms with E-state index in [4.69, 9.17) is 4.74 Å². The fourth-order valence-corrected chi connectivity index (χ4v) is 6.08. The summed E-state index contributed by atoms with van der Waals surface area (Å²) < 4.78 is 7.51. The van der Waals surface area contributed by atoms with E-state index in [-0.39, 0.29) is 31.8 Å². The zero-order valence-corrected chi connectivity index (χ0v) is 28.6. The number of amides is 5. The van der Waals surface area contributed by atoms with Gasteiger partial charge in [-0.15, -0.1) is 5.10 Å². The fourth-order valence-electron chi connectivity index (χ4n) is 6.08. The molecule has 15 nitrogen and oxygen atoms in total. The highest BCUT2D eigenvalue weighted by Crippen LogP contribution is 2.21. The highest BCUT2D eigenvalue weighted by atomic mass is 16.5. The molecule has 0 unspecified atom stereocenters. The van der Waals surface area contributed by atoms with Crippen molar-refractivity contribution in [2.75, 3.05) is 27.2 Å². The molecule has 266 valence electrons. The van der Waals surface area contributed by atoms with Crippen molar-refractivity contribution < 1.29 is 28.7 Å². The van der Waals surface area contributed by atoms with Crippen LogP contribution in [-0.2, 0) is 49.8 Å². The summed E-state index contributed by atoms with van der Waals surface area (Å²) in [5.41, 5.74) is 2.08. The molecule has 15 heteroatoms. The molecule has 5 amide bonds. The molecule has 5 atom stereocenters. The Labute approximate surface area is 290 Å². The number of hydrogen-bond donors (Lipinski definition) is 5. The molecule has 3 aliphatic heterocycles. The standard InChI is InChI=1S/C35H45N9O6/c1-22(36-2)31(45)40-29-20-25-21-43(42-41-25)16-17-50-26-13-11-24(12-14-26)19-27(32(46)37-3)38-33(47)28(18-23-8-5-4-6-9-23)39-34(48)30-10-7-15-44(30)35(29)49/h4-6,8-9,11-14,21-22,27-30,36H,7,10,15-20H2,1-3H3,(H,37,46)(H,38,47)(H,39,48)(H,40,45)/t22-,27-,28-,29-,30-/m0/s1. The molecule has 3 aliphatic rings. The first-order chi connectivity index (χ1) is 24.1. The summed E-state index contributed by atoms with van der Waals surface area (Å²) in [6.45, 7) is 2.63. The minimum absolute atomic E-state index is 0.0497. The number of nitrogens with zero attached hydrogens (tertiary/aromatic N) is 4. The zero-order chi connectivity index (χ0) is 35.6. The predicted octanol–water partition coefficient (Wildman–Crippen LogP) is -0.502. The normalized spacial score (nSPS) is 22.5. The van der Waals surface area contributed by atoms with Crippen molar-refractivity contribution in [2.45, 2.75) is 75.8 Å². The number of carbonyl (C=O) groups is 5. The van der Waals surface area contributed by atoms with E-state index in [9.17, 15) is 24.0 Å². The van der Waals surface area contributed by atoms with Crippen molar-refractivity contribution >= 4 is 29.5 Å². The quantitative estimate of drug-likeness (QED) is 0.228. The van der Waals surface area contributed by atoms with Crippen LogP contribution in [0.2, 0.25) is 0 Å². The Hall–Kier alpha value is -5.31. The number of likely N-dealkylation sites (N-methyl/N-ethyl adjacent to an activating group) is 2. The van der Waals surface area contributed by atoms with Gasteiger partial charge >= 0.3 is 0 Å². The Morgan fingerprint density at radius 2 is 1.74 bits per heavy atom. The van der Waals surface area contributed by atoms with E-state index in [1.807, 2.05) is 42.5 Å². The molecule has 2 aromatic carbocycles. The van der Waals surface area contributed by atoms with Gasteiger partial charge in [-0.2, -0.15) is 0 Å². The van der Waals surface area contributed by atoms with Gasteiger partial charge in [-0.25, -0.2) is 4.68 Å². The van der Waals surface area contributed by atoms with Crippen LogP contribution in [0.5, 0.6) is 5.75 Å². The fraction of sp³-hybridized carbons (Fsp3) is 0.457. The van der Waals surface area contributed by atoms with Gasteiger partial charge < -0.3 is 36.2 Å². The molecule has 5 N–H and O–H groups in total. The molecule has 3 aromatic rings. The Morgan fingerprint density at radius 3 is 2.46 bits per heavy atom. The summed E-state index contributed by atoms with van der Waals surface area (Å²) in [5.74, 6) is -1.65. The van der Waals surface area contributed by atoms with Crippen molar-refractivity contribution in [3.05, 3.63) is 77.6 Å². The Kier molecular flexibility index (Phi) is 12.1. The molecular weight excluding hydrogens is 642 g/mol. The maximum Gasteiger partial charge on any atom is 0.246 e. The molecule has 6 rings (SSSR count). The van der Waals surface area contributed by atoms with Gasteiger partial charge in [-0.3, -0.25) is 24.0 Å². The van der Waals surface area contributed by atoms with Crippen molar-refractivity contribution in [2.24, 2.45) is 0 Å². The monoisotopic (exact) mass is 687 g/mol. The van der Waals surface area contributed by atoms with Crippen LogP contribution >= 0.6 is 0 Å². The number of nitrogens with one attached hydrogen (secondary N) is 5. The van der Waals surface area contributed by atoms with Gasteiger partial charge in [0.25, 0.3) is 0 Å². The summed E-state index contributed by atoms with van der Waals surface area (Å²) in [5, 5.41) is 22.5. The highest BCUT2D eigenvalue weighted by Gasteiger charge is 2.40. The lowest BCUT2D eigenvalue weighted by atomic mass is 10.0. The van der Waals surface area contributed by atoms with Gasteiger partial charge in [0.1, 0.15) is 36.5 Å². The van der Waals surface area contributed by atoms with Gasteiger partial charge in [-0.1, -0.05) is 47.7 Å². The van der Waals surface area contributed by atoms with E-state index < -0.39 is 53.8 Å². The van der Waals surface area contributed by atoms with Crippen molar-refractivity contribution in [1.82, 2.24) is 46.5 Å². The van der Waals surface area contributed by atoms with Crippen LogP contribution in [0.15, 0.2) is 60.8 Å². The third-order valence-corrected chi connectivity index (χ3v) is 9.03. The topological polar surface area (TPSA) is 189 Å². The van der Waals surface area contributed by atoms with Crippen molar-refractivity contribution in [1.29, 1.82) is 0 Å². The van der Waals surface area contributed by atoms with Crippen molar-refractivity contribution in [3.63, 3.8) is 0 Å². The number of hydrogen-bond acceptors (Lipinski definition) is 9. The lowest BCUT2D eigenvalue weighted by molar-refractivity contribution is -0.142. The number of ether oxygens (including phenoxy) is 1. The summed E-state index contributed by atoms with van der Waals surface area (Å²) in [4.78, 5) is 69.4. The molecule has 0 aliphatic carbocycles. The van der Waals surface area contributed by atoms with E-state index >= 15 is 0 Å². The molecule has 0 saturated carbocycles. The molecule has 1 saturated heterocycles. The van der Waals surface area contributed by atoms with E-state index in [0.29, 0.717) is 37.4 Å². The van der Waals surface area contributed by atoms with E-state index in [1.165, 1.54) is 11.9 Å². The molecule has 0 radical (unpaired) electrons. The first kappa shape index (κ1) is 36.0. The molecular formula is C35H45N9O6. The molecule has 4 bridgehead atoms. The number of carbonyl (C=O) groups excluding carboxylic acids is 5. The highest BCUT2D eigenvalue weighted by molar-refractivity contribution is 5.96. The Balaban J connectivity index is 1.47. The second-order valence-electron chi connectivity index (χ2n) is 12.6. The molecule has 50 heavy (non-hydrogen) atoms. The van der Waals surface area contributed by atoms with Crippen LogP contribution in [0, 0.1) is 0 Å². The van der Waals surface area contributed by atoms with Gasteiger partial charge in [0.2, 0.25) is 29.5 Å². The van der Waals surface area contributed by atoms with Crippen LogP contribution in [0.1, 0.15) is 36.6 Å². The van der Waals surface area contributed by atoms with E-state index in [0.717, 1.165) is 11.1 Å².